The van der Waals surface area contributed by atoms with Crippen molar-refractivity contribution in [1.29, 1.82) is 0 Å². The number of carbonyl (C=O) groups is 1. The number of H-pyrrole nitrogens is 1. The van der Waals surface area contributed by atoms with Gasteiger partial charge < -0.3 is 10.3 Å². The lowest BCUT2D eigenvalue weighted by molar-refractivity contribution is 0.0995. The fourth-order valence-corrected chi connectivity index (χ4v) is 1.68. The number of hydrogen-bond acceptors (Lipinski definition) is 2. The molecule has 0 atom stereocenters. The summed E-state index contributed by atoms with van der Waals surface area (Å²) in [6.07, 6.45) is 1.60. The minimum absolute atomic E-state index is 0. The number of aryl methyl sites for hydroxylation is 2. The van der Waals surface area contributed by atoms with Crippen LogP contribution in [0.3, 0.4) is 0 Å². The van der Waals surface area contributed by atoms with Gasteiger partial charge in [0.15, 0.2) is 0 Å². The van der Waals surface area contributed by atoms with E-state index < -0.39 is 5.91 Å². The highest BCUT2D eigenvalue weighted by Crippen LogP contribution is 2.17. The van der Waals surface area contributed by atoms with Crippen molar-refractivity contribution >= 4 is 5.91 Å². The molecule has 1 amide bonds. The van der Waals surface area contributed by atoms with Crippen LogP contribution in [0, 0.1) is 13.8 Å². The molecular weight excluding hydrogens is 283 g/mol. The zero-order valence-corrected chi connectivity index (χ0v) is 15.0. The average Bonchev–Trinajstić information content (AvgIpc) is 3.12. The lowest BCUT2D eigenvalue weighted by atomic mass is 10.3. The highest BCUT2D eigenvalue weighted by Gasteiger charge is 2.14. The molecule has 0 unspecified atom stereocenters. The number of halogens is 1. The van der Waals surface area contributed by atoms with Crippen LogP contribution in [0.5, 0.6) is 0 Å². The molecule has 0 fully saturated rings. The first-order chi connectivity index (χ1) is 10.1. The van der Waals surface area contributed by atoms with Crippen molar-refractivity contribution in [3.05, 3.63) is 35.4 Å². The van der Waals surface area contributed by atoms with Gasteiger partial charge in [-0.15, -0.1) is 0 Å². The van der Waals surface area contributed by atoms with Crippen LogP contribution in [0.4, 0.5) is 4.70 Å². The average molecular weight is 318 g/mol. The summed E-state index contributed by atoms with van der Waals surface area (Å²) in [5, 5.41) is 6.44. The van der Waals surface area contributed by atoms with Crippen LogP contribution in [0.2, 0.25) is 0 Å². The Labute approximate surface area is 136 Å². The number of hydrogen-bond donors (Lipinski definition) is 2. The number of nitrogens with two attached hydrogens (primary N) is 1. The quantitative estimate of drug-likeness (QED) is 0.846. The molecular formula is C16H35FN4O. The Bertz CT molecular complexity index is 508. The third-order valence-electron chi connectivity index (χ3n) is 2.38. The van der Waals surface area contributed by atoms with Crippen LogP contribution >= 0.6 is 0 Å². The Morgan fingerprint density at radius 2 is 1.50 bits per heavy atom. The van der Waals surface area contributed by atoms with Crippen LogP contribution in [0.25, 0.3) is 5.69 Å². The molecule has 132 valence electrons. The molecule has 2 heterocycles. The Balaban J connectivity index is -0.000000121. The van der Waals surface area contributed by atoms with Gasteiger partial charge in [-0.3, -0.25) is 14.6 Å². The van der Waals surface area contributed by atoms with Crippen molar-refractivity contribution in [3.8, 4) is 5.69 Å². The predicted octanol–water partition coefficient (Wildman–Crippen LogP) is 4.64. The SMILES string of the molecule is CC.CC.CC.Cc1ccc(C)n1-c1cn[nH]c1C(N)=O.F.[HH].[HH]. The van der Waals surface area contributed by atoms with E-state index in [1.165, 1.54) is 0 Å². The second kappa shape index (κ2) is 13.9. The van der Waals surface area contributed by atoms with Crippen molar-refractivity contribution in [2.24, 2.45) is 5.73 Å². The highest BCUT2D eigenvalue weighted by molar-refractivity contribution is 5.94. The second-order valence-electron chi connectivity index (χ2n) is 3.45. The van der Waals surface area contributed by atoms with Gasteiger partial charge in [0.2, 0.25) is 0 Å². The summed E-state index contributed by atoms with van der Waals surface area (Å²) in [5.41, 5.74) is 8.35. The molecule has 0 aliphatic heterocycles. The largest absolute Gasteiger partial charge is 0.364 e. The number of rotatable bonds is 2. The second-order valence-corrected chi connectivity index (χ2v) is 3.45. The third kappa shape index (κ3) is 6.11. The molecule has 0 saturated carbocycles. The molecule has 0 saturated heterocycles. The molecule has 0 aliphatic carbocycles. The van der Waals surface area contributed by atoms with E-state index in [0.717, 1.165) is 11.4 Å². The van der Waals surface area contributed by atoms with Gasteiger partial charge in [-0.05, 0) is 26.0 Å². The van der Waals surface area contributed by atoms with Gasteiger partial charge in [0, 0.05) is 14.2 Å². The van der Waals surface area contributed by atoms with Crippen molar-refractivity contribution in [1.82, 2.24) is 14.8 Å². The van der Waals surface area contributed by atoms with Crippen molar-refractivity contribution in [2.75, 3.05) is 0 Å². The zero-order chi connectivity index (χ0) is 17.0. The van der Waals surface area contributed by atoms with E-state index in [2.05, 4.69) is 10.2 Å². The molecule has 0 bridgehead atoms. The van der Waals surface area contributed by atoms with E-state index in [4.69, 9.17) is 5.73 Å². The first kappa shape index (κ1) is 24.9. The summed E-state index contributed by atoms with van der Waals surface area (Å²) in [7, 11) is 0. The smallest absolute Gasteiger partial charge is 0.268 e. The van der Waals surface area contributed by atoms with Crippen molar-refractivity contribution in [3.63, 3.8) is 0 Å². The maximum atomic E-state index is 11.1. The molecule has 0 aromatic carbocycles. The summed E-state index contributed by atoms with van der Waals surface area (Å²) in [6.45, 7) is 15.9. The molecule has 0 spiro atoms. The van der Waals surface area contributed by atoms with Gasteiger partial charge in [0.05, 0.1) is 11.9 Å². The van der Waals surface area contributed by atoms with Crippen LogP contribution in [-0.4, -0.2) is 20.7 Å². The summed E-state index contributed by atoms with van der Waals surface area (Å²) in [4.78, 5) is 11.1. The fraction of sp³-hybridized carbons (Fsp3) is 0.500. The lowest BCUT2D eigenvalue weighted by Gasteiger charge is -2.07. The Morgan fingerprint density at radius 3 is 1.86 bits per heavy atom. The molecule has 0 aliphatic rings. The summed E-state index contributed by atoms with van der Waals surface area (Å²) >= 11 is 0. The van der Waals surface area contributed by atoms with Crippen LogP contribution in [0.15, 0.2) is 18.3 Å². The summed E-state index contributed by atoms with van der Waals surface area (Å²) in [6, 6.07) is 3.96. The molecule has 22 heavy (non-hydrogen) atoms. The molecule has 0 radical (unpaired) electrons. The minimum atomic E-state index is -0.505. The van der Waals surface area contributed by atoms with Gasteiger partial charge >= 0.3 is 0 Å². The first-order valence-electron chi connectivity index (χ1n) is 7.59. The van der Waals surface area contributed by atoms with E-state index in [1.807, 2.05) is 72.1 Å². The molecule has 2 rings (SSSR count). The third-order valence-corrected chi connectivity index (χ3v) is 2.38. The highest BCUT2D eigenvalue weighted by atomic mass is 19.0. The van der Waals surface area contributed by atoms with E-state index in [1.54, 1.807) is 6.20 Å². The number of aromatic amines is 1. The van der Waals surface area contributed by atoms with Crippen LogP contribution in [-0.2, 0) is 0 Å². The number of nitrogens with one attached hydrogen (secondary N) is 1. The molecule has 5 nitrogen and oxygen atoms in total. The number of primary amides is 1. The standard InChI is InChI=1S/C10H12N4O.3C2H6.FH.2H2/c1-6-3-4-7(2)14(6)8-5-12-13-9(8)10(11)15;3*1-2;;;/h3-5H,1-2H3,(H2,11,15)(H,12,13);3*1-2H3;3*1H. The monoisotopic (exact) mass is 318 g/mol. The molecule has 2 aromatic heterocycles. The lowest BCUT2D eigenvalue weighted by Crippen LogP contribution is -2.15. The molecule has 2 aromatic rings. The van der Waals surface area contributed by atoms with Gasteiger partial charge in [-0.2, -0.15) is 5.10 Å². The Kier molecular flexibility index (Phi) is 15.7. The maximum Gasteiger partial charge on any atom is 0.268 e. The van der Waals surface area contributed by atoms with Gasteiger partial charge in [0.1, 0.15) is 5.69 Å². The fourth-order valence-electron chi connectivity index (χ4n) is 1.68. The zero-order valence-electron chi connectivity index (χ0n) is 15.0. The molecule has 6 heteroatoms. The summed E-state index contributed by atoms with van der Waals surface area (Å²) in [5.74, 6) is -0.505. The van der Waals surface area contributed by atoms with Gasteiger partial charge in [-0.25, -0.2) is 0 Å². The maximum absolute atomic E-state index is 11.1. The van der Waals surface area contributed by atoms with Crippen molar-refractivity contribution in [2.45, 2.75) is 55.4 Å². The number of aromatic nitrogens is 3. The predicted molar refractivity (Wildman–Crippen MR) is 96.7 cm³/mol. The van der Waals surface area contributed by atoms with Crippen molar-refractivity contribution < 1.29 is 12.4 Å². The number of amides is 1. The van der Waals surface area contributed by atoms with Crippen LogP contribution < -0.4 is 5.73 Å². The summed E-state index contributed by atoms with van der Waals surface area (Å²) < 4.78 is 1.93. The number of nitrogens with zero attached hydrogens (tertiary/aromatic N) is 2. The van der Waals surface area contributed by atoms with Gasteiger partial charge in [-0.1, -0.05) is 41.5 Å². The Hall–Kier alpha value is -2.11. The topological polar surface area (TPSA) is 76.7 Å². The van der Waals surface area contributed by atoms with E-state index in [9.17, 15) is 4.79 Å². The molecule has 3 N–H and O–H groups in total. The minimum Gasteiger partial charge on any atom is -0.364 e. The van der Waals surface area contributed by atoms with E-state index >= 15 is 0 Å². The normalized spacial score (nSPS) is 8.00. The van der Waals surface area contributed by atoms with Gasteiger partial charge in [0.25, 0.3) is 5.91 Å². The van der Waals surface area contributed by atoms with E-state index in [-0.39, 0.29) is 7.56 Å². The number of carbonyl (C=O) groups excluding carboxylic acids is 1. The Morgan fingerprint density at radius 1 is 1.09 bits per heavy atom. The van der Waals surface area contributed by atoms with E-state index in [0.29, 0.717) is 11.4 Å². The first-order valence-corrected chi connectivity index (χ1v) is 7.59. The van der Waals surface area contributed by atoms with Crippen LogP contribution in [0.1, 0.15) is 66.3 Å².